The number of allylic oxidation sites excluding steroid dienone is 1. The first-order valence-electron chi connectivity index (χ1n) is 11.7. The third-order valence-electron chi connectivity index (χ3n) is 10.1. The molecule has 0 bridgehead atoms. The number of ketones is 2. The Kier molecular flexibility index (Phi) is 4.26. The molecule has 0 aromatic heterocycles. The van der Waals surface area contributed by atoms with E-state index >= 15 is 0 Å². The number of carbonyl (C=O) groups is 2. The SMILES string of the molecule is C[C@]12CCC(=O)C=C1CC[C@@H]1[C@@H]2CC[C@@]2(C)[C@H]1CC[C@]2(C)OC1CCC(=O)C1. The quantitative estimate of drug-likeness (QED) is 0.639. The zero-order valence-corrected chi connectivity index (χ0v) is 17.9. The van der Waals surface area contributed by atoms with Crippen LogP contribution in [-0.4, -0.2) is 23.3 Å². The summed E-state index contributed by atoms with van der Waals surface area (Å²) in [6, 6.07) is 0. The molecule has 5 aliphatic carbocycles. The number of carbonyl (C=O) groups excluding carboxylic acids is 2. The van der Waals surface area contributed by atoms with Crippen LogP contribution in [0, 0.1) is 28.6 Å². The zero-order chi connectivity index (χ0) is 19.7. The second-order valence-corrected chi connectivity index (χ2v) is 11.2. The Bertz CT molecular complexity index is 738. The molecule has 0 radical (unpaired) electrons. The highest BCUT2D eigenvalue weighted by Crippen LogP contribution is 2.68. The number of fused-ring (bicyclic) bond motifs is 5. The topological polar surface area (TPSA) is 43.4 Å². The normalized spacial score (nSPS) is 50.8. The van der Waals surface area contributed by atoms with E-state index in [-0.39, 0.29) is 22.5 Å². The van der Waals surface area contributed by atoms with Crippen molar-refractivity contribution < 1.29 is 14.3 Å². The molecule has 0 saturated heterocycles. The Morgan fingerprint density at radius 2 is 1.68 bits per heavy atom. The van der Waals surface area contributed by atoms with Crippen molar-refractivity contribution in [3.8, 4) is 0 Å². The highest BCUT2D eigenvalue weighted by atomic mass is 16.5. The monoisotopic (exact) mass is 384 g/mol. The van der Waals surface area contributed by atoms with Gasteiger partial charge in [0.05, 0.1) is 11.7 Å². The maximum Gasteiger partial charge on any atom is 0.155 e. The van der Waals surface area contributed by atoms with Gasteiger partial charge in [0.15, 0.2) is 5.78 Å². The van der Waals surface area contributed by atoms with Gasteiger partial charge < -0.3 is 4.74 Å². The fourth-order valence-corrected chi connectivity index (χ4v) is 8.23. The summed E-state index contributed by atoms with van der Waals surface area (Å²) >= 11 is 0. The molecule has 28 heavy (non-hydrogen) atoms. The van der Waals surface area contributed by atoms with E-state index in [0.29, 0.717) is 24.4 Å². The van der Waals surface area contributed by atoms with Crippen molar-refractivity contribution in [2.75, 3.05) is 0 Å². The highest BCUT2D eigenvalue weighted by Gasteiger charge is 2.63. The summed E-state index contributed by atoms with van der Waals surface area (Å²) in [5.74, 6) is 2.95. The van der Waals surface area contributed by atoms with E-state index in [1.165, 1.54) is 31.3 Å². The molecular formula is C25H36O3. The minimum atomic E-state index is -0.0858. The van der Waals surface area contributed by atoms with Gasteiger partial charge in [0.2, 0.25) is 0 Å². The molecule has 0 amide bonds. The summed E-state index contributed by atoms with van der Waals surface area (Å²) in [5.41, 5.74) is 1.84. The smallest absolute Gasteiger partial charge is 0.155 e. The minimum absolute atomic E-state index is 0.0858. The van der Waals surface area contributed by atoms with Gasteiger partial charge in [-0.25, -0.2) is 0 Å². The lowest BCUT2D eigenvalue weighted by molar-refractivity contribution is -0.172. The van der Waals surface area contributed by atoms with Crippen LogP contribution in [0.5, 0.6) is 0 Å². The summed E-state index contributed by atoms with van der Waals surface area (Å²) < 4.78 is 6.75. The lowest BCUT2D eigenvalue weighted by atomic mass is 9.46. The maximum atomic E-state index is 12.0. The highest BCUT2D eigenvalue weighted by molar-refractivity contribution is 5.91. The van der Waals surface area contributed by atoms with Crippen molar-refractivity contribution in [3.05, 3.63) is 11.6 Å². The molecule has 5 aliphatic rings. The van der Waals surface area contributed by atoms with Gasteiger partial charge in [-0.2, -0.15) is 0 Å². The number of ether oxygens (including phenoxy) is 1. The van der Waals surface area contributed by atoms with E-state index in [9.17, 15) is 9.59 Å². The molecule has 1 unspecified atom stereocenters. The third kappa shape index (κ3) is 2.57. The summed E-state index contributed by atoms with van der Waals surface area (Å²) in [4.78, 5) is 23.8. The van der Waals surface area contributed by atoms with Crippen molar-refractivity contribution >= 4 is 11.6 Å². The minimum Gasteiger partial charge on any atom is -0.371 e. The predicted molar refractivity (Wildman–Crippen MR) is 109 cm³/mol. The molecular weight excluding hydrogens is 348 g/mol. The molecule has 7 atom stereocenters. The molecule has 0 aliphatic heterocycles. The number of Topliss-reactive ketones (excluding diaryl/α,β-unsaturated/α-hetero) is 1. The molecule has 4 saturated carbocycles. The van der Waals surface area contributed by atoms with Crippen molar-refractivity contribution in [1.82, 2.24) is 0 Å². The van der Waals surface area contributed by atoms with Gasteiger partial charge in [0, 0.05) is 19.3 Å². The first-order chi connectivity index (χ1) is 13.3. The van der Waals surface area contributed by atoms with E-state index in [0.717, 1.165) is 49.9 Å². The average Bonchev–Trinajstić information content (AvgIpc) is 3.16. The van der Waals surface area contributed by atoms with Crippen LogP contribution in [0.2, 0.25) is 0 Å². The van der Waals surface area contributed by atoms with Crippen LogP contribution in [-0.2, 0) is 14.3 Å². The van der Waals surface area contributed by atoms with Crippen LogP contribution in [0.3, 0.4) is 0 Å². The van der Waals surface area contributed by atoms with E-state index < -0.39 is 0 Å². The molecule has 0 aromatic rings. The van der Waals surface area contributed by atoms with E-state index in [2.05, 4.69) is 20.8 Å². The number of rotatable bonds is 2. The summed E-state index contributed by atoms with van der Waals surface area (Å²) in [5, 5.41) is 0. The van der Waals surface area contributed by atoms with E-state index in [4.69, 9.17) is 4.74 Å². The van der Waals surface area contributed by atoms with Gasteiger partial charge in [-0.3, -0.25) is 9.59 Å². The Balaban J connectivity index is 1.40. The predicted octanol–water partition coefficient (Wildman–Crippen LogP) is 5.42. The molecule has 0 N–H and O–H groups in total. The third-order valence-corrected chi connectivity index (χ3v) is 10.1. The van der Waals surface area contributed by atoms with Crippen LogP contribution in [0.15, 0.2) is 11.6 Å². The molecule has 0 heterocycles. The second kappa shape index (κ2) is 6.27. The molecule has 0 spiro atoms. The van der Waals surface area contributed by atoms with Crippen molar-refractivity contribution in [1.29, 1.82) is 0 Å². The zero-order valence-electron chi connectivity index (χ0n) is 17.9. The van der Waals surface area contributed by atoms with Gasteiger partial charge in [-0.1, -0.05) is 19.4 Å². The molecule has 3 nitrogen and oxygen atoms in total. The van der Waals surface area contributed by atoms with Crippen molar-refractivity contribution in [3.63, 3.8) is 0 Å². The van der Waals surface area contributed by atoms with Gasteiger partial charge in [0.25, 0.3) is 0 Å². The van der Waals surface area contributed by atoms with Gasteiger partial charge in [-0.15, -0.1) is 0 Å². The average molecular weight is 385 g/mol. The maximum absolute atomic E-state index is 12.0. The summed E-state index contributed by atoms with van der Waals surface area (Å²) in [7, 11) is 0. The van der Waals surface area contributed by atoms with E-state index in [1.807, 2.05) is 6.08 Å². The Hall–Kier alpha value is -0.960. The van der Waals surface area contributed by atoms with Gasteiger partial charge in [0.1, 0.15) is 5.78 Å². The van der Waals surface area contributed by atoms with E-state index in [1.54, 1.807) is 0 Å². The van der Waals surface area contributed by atoms with Crippen LogP contribution in [0.25, 0.3) is 0 Å². The fraction of sp³-hybridized carbons (Fsp3) is 0.840. The molecule has 5 rings (SSSR count). The fourth-order valence-electron chi connectivity index (χ4n) is 8.23. The standard InChI is InChI=1S/C25H36O3/c1-23-11-8-18(27)14-16(23)4-7-20-21(23)9-12-24(2)22(20)10-13-25(24,3)28-19-6-5-17(26)15-19/h14,19-22H,4-13,15H2,1-3H3/t19?,20-,21+,22+,23+,24+,25+/m1/s1. The van der Waals surface area contributed by atoms with Crippen molar-refractivity contribution in [2.24, 2.45) is 28.6 Å². The first-order valence-corrected chi connectivity index (χ1v) is 11.7. The second-order valence-electron chi connectivity index (χ2n) is 11.2. The van der Waals surface area contributed by atoms with Gasteiger partial charge in [-0.05, 0) is 93.0 Å². The Morgan fingerprint density at radius 3 is 2.43 bits per heavy atom. The first kappa shape index (κ1) is 19.0. The van der Waals surface area contributed by atoms with Crippen LogP contribution >= 0.6 is 0 Å². The Morgan fingerprint density at radius 1 is 0.893 bits per heavy atom. The molecule has 4 fully saturated rings. The molecule has 154 valence electrons. The largest absolute Gasteiger partial charge is 0.371 e. The number of hydrogen-bond acceptors (Lipinski definition) is 3. The summed E-state index contributed by atoms with van der Waals surface area (Å²) in [6.45, 7) is 7.31. The van der Waals surface area contributed by atoms with Crippen LogP contribution in [0.1, 0.15) is 91.4 Å². The van der Waals surface area contributed by atoms with Crippen LogP contribution < -0.4 is 0 Å². The number of hydrogen-bond donors (Lipinski definition) is 0. The Labute approximate surface area is 169 Å². The van der Waals surface area contributed by atoms with Gasteiger partial charge >= 0.3 is 0 Å². The molecule has 0 aromatic carbocycles. The van der Waals surface area contributed by atoms with Crippen molar-refractivity contribution in [2.45, 2.75) is 103 Å². The van der Waals surface area contributed by atoms with Crippen LogP contribution in [0.4, 0.5) is 0 Å². The lowest BCUT2D eigenvalue weighted by Gasteiger charge is -2.59. The lowest BCUT2D eigenvalue weighted by Crippen LogP contribution is -2.55. The molecule has 3 heteroatoms. The summed E-state index contributed by atoms with van der Waals surface area (Å²) in [6.07, 6.45) is 13.5.